The quantitative estimate of drug-likeness (QED) is 0.147. The number of amides is 1. The molecule has 3 aromatic carbocycles. The van der Waals surface area contributed by atoms with Crippen LogP contribution < -0.4 is 10.3 Å². The maximum atomic E-state index is 13.9. The zero-order valence-electron chi connectivity index (χ0n) is 32.4. The first-order chi connectivity index (χ1) is 26.3. The van der Waals surface area contributed by atoms with Crippen molar-refractivity contribution in [2.24, 2.45) is 13.0 Å². The third kappa shape index (κ3) is 8.68. The smallest absolute Gasteiger partial charge is 0.410 e. The Hall–Kier alpha value is -4.48. The van der Waals surface area contributed by atoms with Crippen molar-refractivity contribution in [3.05, 3.63) is 112 Å². The molecular weight excluding hydrogens is 731 g/mol. The summed E-state index contributed by atoms with van der Waals surface area (Å²) in [5, 5.41) is 0.548. The van der Waals surface area contributed by atoms with Crippen LogP contribution in [-0.4, -0.2) is 58.1 Å². The molecule has 11 heteroatoms. The summed E-state index contributed by atoms with van der Waals surface area (Å²) >= 11 is 1.98. The number of rotatable bonds is 9. The third-order valence-corrected chi connectivity index (χ3v) is 13.5. The number of hydrogen-bond acceptors (Lipinski definition) is 7. The molecule has 7 rings (SSSR count). The summed E-state index contributed by atoms with van der Waals surface area (Å²) in [7, 11) is -2.38. The Labute approximate surface area is 328 Å². The highest BCUT2D eigenvalue weighted by Gasteiger charge is 2.28. The van der Waals surface area contributed by atoms with Gasteiger partial charge in [-0.05, 0) is 143 Å². The van der Waals surface area contributed by atoms with Gasteiger partial charge < -0.3 is 18.9 Å². The Kier molecular flexibility index (Phi) is 11.2. The fraction of sp³-hybridized carbons (Fsp3) is 0.409. The monoisotopic (exact) mass is 781 g/mol. The average Bonchev–Trinajstić information content (AvgIpc) is 3.63. The Morgan fingerprint density at radius 1 is 0.891 bits per heavy atom. The molecule has 0 saturated carbocycles. The maximum absolute atomic E-state index is 13.9. The first-order valence-electron chi connectivity index (χ1n) is 19.3. The molecule has 0 N–H and O–H groups in total. The van der Waals surface area contributed by atoms with E-state index in [0.717, 1.165) is 83.8 Å². The van der Waals surface area contributed by atoms with Crippen LogP contribution in [0, 0.1) is 12.8 Å². The van der Waals surface area contributed by atoms with Gasteiger partial charge in [-0.1, -0.05) is 35.9 Å². The lowest BCUT2D eigenvalue weighted by Crippen LogP contribution is -2.41. The van der Waals surface area contributed by atoms with Gasteiger partial charge in [-0.25, -0.2) is 17.2 Å². The number of aromatic nitrogens is 2. The van der Waals surface area contributed by atoms with Gasteiger partial charge in [0, 0.05) is 49.0 Å². The van der Waals surface area contributed by atoms with Gasteiger partial charge in [0.25, 0.3) is 15.6 Å². The molecule has 2 aromatic heterocycles. The van der Waals surface area contributed by atoms with Crippen LogP contribution in [-0.2, 0) is 28.2 Å². The summed E-state index contributed by atoms with van der Waals surface area (Å²) in [6, 6.07) is 22.9. The van der Waals surface area contributed by atoms with Crippen molar-refractivity contribution in [2.45, 2.75) is 82.6 Å². The molecule has 2 fully saturated rings. The minimum absolute atomic E-state index is 0.103. The number of carbonyl (C=O) groups is 1. The number of fused-ring (bicyclic) bond motifs is 1. The number of carbonyl (C=O) groups excluding carboxylic acids is 1. The standard InChI is InChI=1S/C44H51N3O6S2/c1-30-6-15-36(16-7-30)55(50,51)47-25-20-37-39(29-45(5)42(48)41(37)47)38-28-34(33-21-26-54-27-22-33)12-17-40(38)52-35-13-10-31(11-14-35)8-9-32-18-23-46(24-19-32)43(49)53-44(2,3)4/h6-7,10-17,20,25,28-29,32-33H,8-9,18-19,21-24,26-27H2,1-5H3. The van der Waals surface area contributed by atoms with Crippen LogP contribution in [0.15, 0.2) is 94.9 Å². The summed E-state index contributed by atoms with van der Waals surface area (Å²) in [5.74, 6) is 4.51. The number of benzene rings is 3. The highest BCUT2D eigenvalue weighted by atomic mass is 32.2. The van der Waals surface area contributed by atoms with Gasteiger partial charge in [-0.2, -0.15) is 11.8 Å². The fourth-order valence-corrected chi connectivity index (χ4v) is 10.1. The minimum Gasteiger partial charge on any atom is -0.457 e. The largest absolute Gasteiger partial charge is 0.457 e. The van der Waals surface area contributed by atoms with Crippen molar-refractivity contribution >= 4 is 38.8 Å². The van der Waals surface area contributed by atoms with E-state index in [1.54, 1.807) is 43.6 Å². The molecule has 9 nitrogen and oxygen atoms in total. The number of aryl methyl sites for hydroxylation is 3. The SMILES string of the molecule is Cc1ccc(S(=O)(=O)n2ccc3c(-c4cc(C5CCSCC5)ccc4Oc4ccc(CCC5CCN(C(=O)OC(C)(C)C)CC5)cc4)cn(C)c(=O)c32)cc1. The molecule has 0 spiro atoms. The van der Waals surface area contributed by atoms with Gasteiger partial charge in [-0.15, -0.1) is 0 Å². The fourth-order valence-electron chi connectivity index (χ4n) is 7.65. The van der Waals surface area contributed by atoms with E-state index in [0.29, 0.717) is 28.7 Å². The summed E-state index contributed by atoms with van der Waals surface area (Å²) in [6.07, 6.45) is 9.15. The first kappa shape index (κ1) is 38.8. The molecular formula is C44H51N3O6S2. The molecule has 0 bridgehead atoms. The number of likely N-dealkylation sites (tertiary alicyclic amines) is 1. The van der Waals surface area contributed by atoms with Crippen LogP contribution in [0.25, 0.3) is 22.0 Å². The van der Waals surface area contributed by atoms with E-state index in [-0.39, 0.29) is 16.5 Å². The van der Waals surface area contributed by atoms with E-state index in [1.165, 1.54) is 21.9 Å². The first-order valence-corrected chi connectivity index (χ1v) is 21.9. The Bertz CT molecular complexity index is 2330. The molecule has 1 amide bonds. The average molecular weight is 782 g/mol. The lowest BCUT2D eigenvalue weighted by molar-refractivity contribution is 0.0181. The Morgan fingerprint density at radius 3 is 2.25 bits per heavy atom. The highest BCUT2D eigenvalue weighted by Crippen LogP contribution is 2.41. The molecule has 0 radical (unpaired) electrons. The van der Waals surface area contributed by atoms with Crippen molar-refractivity contribution in [3.8, 4) is 22.6 Å². The lowest BCUT2D eigenvalue weighted by atomic mass is 9.90. The van der Waals surface area contributed by atoms with E-state index >= 15 is 0 Å². The number of ether oxygens (including phenoxy) is 2. The zero-order valence-corrected chi connectivity index (χ0v) is 34.0. The number of hydrogen-bond donors (Lipinski definition) is 0. The van der Waals surface area contributed by atoms with Crippen LogP contribution in [0.3, 0.4) is 0 Å². The van der Waals surface area contributed by atoms with Crippen LogP contribution in [0.5, 0.6) is 11.5 Å². The second-order valence-corrected chi connectivity index (χ2v) is 19.0. The lowest BCUT2D eigenvalue weighted by Gasteiger charge is -2.33. The van der Waals surface area contributed by atoms with Crippen LogP contribution in [0.2, 0.25) is 0 Å². The molecule has 55 heavy (non-hydrogen) atoms. The third-order valence-electron chi connectivity index (χ3n) is 10.8. The van der Waals surface area contributed by atoms with Gasteiger partial charge in [0.2, 0.25) is 0 Å². The molecule has 0 atom stereocenters. The zero-order chi connectivity index (χ0) is 38.9. The molecule has 290 valence electrons. The highest BCUT2D eigenvalue weighted by molar-refractivity contribution is 7.99. The van der Waals surface area contributed by atoms with Gasteiger partial charge in [0.1, 0.15) is 22.6 Å². The van der Waals surface area contributed by atoms with E-state index in [2.05, 4.69) is 24.3 Å². The molecule has 4 heterocycles. The maximum Gasteiger partial charge on any atom is 0.410 e. The summed E-state index contributed by atoms with van der Waals surface area (Å²) in [4.78, 5) is 28.1. The number of piperidine rings is 1. The van der Waals surface area contributed by atoms with Crippen LogP contribution in [0.4, 0.5) is 4.79 Å². The van der Waals surface area contributed by atoms with E-state index < -0.39 is 21.2 Å². The van der Waals surface area contributed by atoms with Gasteiger partial charge in [-0.3, -0.25) is 4.79 Å². The summed E-state index contributed by atoms with van der Waals surface area (Å²) in [5.41, 5.74) is 4.14. The molecule has 2 aliphatic heterocycles. The van der Waals surface area contributed by atoms with Crippen molar-refractivity contribution in [3.63, 3.8) is 0 Å². The molecule has 5 aromatic rings. The van der Waals surface area contributed by atoms with Crippen molar-refractivity contribution in [1.29, 1.82) is 0 Å². The van der Waals surface area contributed by atoms with Crippen LogP contribution in [0.1, 0.15) is 75.5 Å². The van der Waals surface area contributed by atoms with Gasteiger partial charge >= 0.3 is 6.09 Å². The molecule has 2 aliphatic rings. The van der Waals surface area contributed by atoms with Crippen molar-refractivity contribution < 1.29 is 22.7 Å². The van der Waals surface area contributed by atoms with E-state index in [4.69, 9.17) is 9.47 Å². The van der Waals surface area contributed by atoms with Crippen LogP contribution >= 0.6 is 11.8 Å². The predicted octanol–water partition coefficient (Wildman–Crippen LogP) is 9.54. The number of pyridine rings is 1. The predicted molar refractivity (Wildman–Crippen MR) is 221 cm³/mol. The topological polar surface area (TPSA) is 99.8 Å². The van der Waals surface area contributed by atoms with Gasteiger partial charge in [0.05, 0.1) is 4.90 Å². The second kappa shape index (κ2) is 15.9. The van der Waals surface area contributed by atoms with E-state index in [1.807, 2.05) is 62.6 Å². The van der Waals surface area contributed by atoms with Crippen molar-refractivity contribution in [1.82, 2.24) is 13.4 Å². The summed E-state index contributed by atoms with van der Waals surface area (Å²) in [6.45, 7) is 9.04. The molecule has 0 unspecified atom stereocenters. The number of nitrogens with zero attached hydrogens (tertiary/aromatic N) is 3. The Balaban J connectivity index is 1.15. The second-order valence-electron chi connectivity index (χ2n) is 16.0. The summed E-state index contributed by atoms with van der Waals surface area (Å²) < 4.78 is 42.6. The van der Waals surface area contributed by atoms with Crippen molar-refractivity contribution in [2.75, 3.05) is 24.6 Å². The molecule has 0 aliphatic carbocycles. The number of thioether (sulfide) groups is 1. The Morgan fingerprint density at radius 2 is 1.58 bits per heavy atom. The van der Waals surface area contributed by atoms with E-state index in [9.17, 15) is 18.0 Å². The minimum atomic E-state index is -4.04. The molecule has 2 saturated heterocycles. The normalized spacial score (nSPS) is 16.1. The van der Waals surface area contributed by atoms with Gasteiger partial charge in [0.15, 0.2) is 0 Å².